The van der Waals surface area contributed by atoms with Gasteiger partial charge < -0.3 is 10.6 Å². The molecule has 0 spiro atoms. The van der Waals surface area contributed by atoms with Gasteiger partial charge in [0.25, 0.3) is 0 Å². The number of benzene rings is 1. The highest BCUT2D eigenvalue weighted by Crippen LogP contribution is 2.33. The number of anilines is 1. The van der Waals surface area contributed by atoms with Crippen LogP contribution in [0.4, 0.5) is 18.9 Å². The third-order valence-electron chi connectivity index (χ3n) is 3.26. The first-order valence-electron chi connectivity index (χ1n) is 6.71. The van der Waals surface area contributed by atoms with Gasteiger partial charge in [-0.1, -0.05) is 11.6 Å². The van der Waals surface area contributed by atoms with Gasteiger partial charge in [0.05, 0.1) is 5.56 Å². The summed E-state index contributed by atoms with van der Waals surface area (Å²) in [5, 5.41) is 4.94. The van der Waals surface area contributed by atoms with Crippen LogP contribution in [-0.4, -0.2) is 17.9 Å². The summed E-state index contributed by atoms with van der Waals surface area (Å²) < 4.78 is 38.0. The predicted molar refractivity (Wildman–Crippen MR) is 75.5 cm³/mol. The molecule has 8 heteroatoms. The minimum atomic E-state index is -4.54. The summed E-state index contributed by atoms with van der Waals surface area (Å²) in [4.78, 5) is 23.1. The molecule has 2 N–H and O–H groups in total. The second-order valence-corrected chi connectivity index (χ2v) is 5.57. The lowest BCUT2D eigenvalue weighted by atomic mass is 10.0. The molecule has 0 saturated carbocycles. The van der Waals surface area contributed by atoms with Crippen LogP contribution in [0.3, 0.4) is 0 Å². The summed E-state index contributed by atoms with van der Waals surface area (Å²) in [5.41, 5.74) is -0.951. The van der Waals surface area contributed by atoms with Crippen LogP contribution >= 0.6 is 11.6 Å². The fourth-order valence-electron chi connectivity index (χ4n) is 2.30. The van der Waals surface area contributed by atoms with Crippen molar-refractivity contribution in [2.45, 2.75) is 37.9 Å². The maximum Gasteiger partial charge on any atom is 0.416 e. The first-order chi connectivity index (χ1) is 10.2. The summed E-state index contributed by atoms with van der Waals surface area (Å²) in [7, 11) is 0. The number of carbonyl (C=O) groups excluding carboxylic acids is 2. The van der Waals surface area contributed by atoms with E-state index < -0.39 is 17.6 Å². The van der Waals surface area contributed by atoms with Crippen LogP contribution in [0.2, 0.25) is 5.02 Å². The molecule has 120 valence electrons. The lowest BCUT2D eigenvalue weighted by Crippen LogP contribution is -2.40. The summed E-state index contributed by atoms with van der Waals surface area (Å²) >= 11 is 5.64. The van der Waals surface area contributed by atoms with Crippen LogP contribution < -0.4 is 10.6 Å². The largest absolute Gasteiger partial charge is 0.416 e. The third-order valence-corrected chi connectivity index (χ3v) is 3.48. The quantitative estimate of drug-likeness (QED) is 0.890. The molecule has 4 nitrogen and oxygen atoms in total. The molecule has 1 atom stereocenters. The van der Waals surface area contributed by atoms with Gasteiger partial charge in [-0.2, -0.15) is 13.2 Å². The van der Waals surface area contributed by atoms with Gasteiger partial charge in [-0.25, -0.2) is 0 Å². The molecule has 1 aliphatic rings. The van der Waals surface area contributed by atoms with Crippen molar-refractivity contribution in [2.75, 3.05) is 5.32 Å². The summed E-state index contributed by atoms with van der Waals surface area (Å²) in [6.07, 6.45) is -2.73. The van der Waals surface area contributed by atoms with Crippen LogP contribution in [0.1, 0.15) is 31.2 Å². The van der Waals surface area contributed by atoms with Crippen molar-refractivity contribution in [2.24, 2.45) is 0 Å². The van der Waals surface area contributed by atoms with Gasteiger partial charge in [0, 0.05) is 29.6 Å². The average Bonchev–Trinajstić information content (AvgIpc) is 2.36. The number of piperidine rings is 1. The molecule has 2 amide bonds. The lowest BCUT2D eigenvalue weighted by Gasteiger charge is -2.22. The predicted octanol–water partition coefficient (Wildman–Crippen LogP) is 3.36. The van der Waals surface area contributed by atoms with E-state index in [9.17, 15) is 22.8 Å². The number of rotatable bonds is 3. The molecule has 0 bridgehead atoms. The van der Waals surface area contributed by atoms with E-state index in [1.54, 1.807) is 0 Å². The Labute approximate surface area is 130 Å². The molecule has 1 unspecified atom stereocenters. The Hall–Kier alpha value is -1.76. The molecule has 1 aromatic carbocycles. The van der Waals surface area contributed by atoms with Crippen molar-refractivity contribution in [3.8, 4) is 0 Å². The Kier molecular flexibility index (Phi) is 4.95. The molecular weight excluding hydrogens is 321 g/mol. The molecule has 0 aromatic heterocycles. The van der Waals surface area contributed by atoms with Crippen LogP contribution in [0.5, 0.6) is 0 Å². The topological polar surface area (TPSA) is 58.2 Å². The molecular formula is C14H14ClF3N2O2. The van der Waals surface area contributed by atoms with E-state index >= 15 is 0 Å². The highest BCUT2D eigenvalue weighted by Gasteiger charge is 2.31. The van der Waals surface area contributed by atoms with Gasteiger partial charge in [0.1, 0.15) is 0 Å². The zero-order valence-corrected chi connectivity index (χ0v) is 12.2. The van der Waals surface area contributed by atoms with E-state index in [1.807, 2.05) is 0 Å². The van der Waals surface area contributed by atoms with Crippen molar-refractivity contribution >= 4 is 29.1 Å². The number of alkyl halides is 3. The van der Waals surface area contributed by atoms with Crippen LogP contribution in [0.15, 0.2) is 18.2 Å². The number of hydrogen-bond donors (Lipinski definition) is 2. The van der Waals surface area contributed by atoms with Crippen molar-refractivity contribution in [1.29, 1.82) is 0 Å². The molecule has 2 rings (SSSR count). The average molecular weight is 335 g/mol. The third kappa shape index (κ3) is 4.62. The highest BCUT2D eigenvalue weighted by atomic mass is 35.5. The standard InChI is InChI=1S/C14H14ClF3N2O2/c15-9-4-8(14(16,17)18)5-11(6-9)20-13(22)7-10-2-1-3-12(21)19-10/h4-6,10H,1-3,7H2,(H,19,21)(H,20,22). The summed E-state index contributed by atoms with van der Waals surface area (Å²) in [6.45, 7) is 0. The normalized spacial score (nSPS) is 18.7. The Morgan fingerprint density at radius 2 is 2.09 bits per heavy atom. The van der Waals surface area contributed by atoms with Crippen molar-refractivity contribution in [3.63, 3.8) is 0 Å². The zero-order chi connectivity index (χ0) is 16.3. The van der Waals surface area contributed by atoms with E-state index in [2.05, 4.69) is 10.6 Å². The fourth-order valence-corrected chi connectivity index (χ4v) is 2.53. The van der Waals surface area contributed by atoms with Gasteiger partial charge in [-0.3, -0.25) is 9.59 Å². The van der Waals surface area contributed by atoms with E-state index in [-0.39, 0.29) is 29.1 Å². The zero-order valence-electron chi connectivity index (χ0n) is 11.5. The molecule has 1 aromatic rings. The summed E-state index contributed by atoms with van der Waals surface area (Å²) in [6, 6.07) is 2.57. The van der Waals surface area contributed by atoms with Crippen LogP contribution in [0.25, 0.3) is 0 Å². The van der Waals surface area contributed by atoms with Gasteiger partial charge in [0.15, 0.2) is 0 Å². The summed E-state index contributed by atoms with van der Waals surface area (Å²) in [5.74, 6) is -0.589. The molecule has 1 aliphatic heterocycles. The fraction of sp³-hybridized carbons (Fsp3) is 0.429. The number of halogens is 4. The van der Waals surface area contributed by atoms with E-state index in [4.69, 9.17) is 11.6 Å². The molecule has 1 saturated heterocycles. The van der Waals surface area contributed by atoms with Crippen molar-refractivity contribution in [3.05, 3.63) is 28.8 Å². The minimum Gasteiger partial charge on any atom is -0.353 e. The number of nitrogens with one attached hydrogen (secondary N) is 2. The number of hydrogen-bond acceptors (Lipinski definition) is 2. The smallest absolute Gasteiger partial charge is 0.353 e. The first-order valence-corrected chi connectivity index (χ1v) is 7.09. The monoisotopic (exact) mass is 334 g/mol. The maximum atomic E-state index is 12.7. The Bertz CT molecular complexity index is 590. The maximum absolute atomic E-state index is 12.7. The van der Waals surface area contributed by atoms with Crippen molar-refractivity contribution in [1.82, 2.24) is 5.32 Å². The number of carbonyl (C=O) groups is 2. The Morgan fingerprint density at radius 1 is 1.36 bits per heavy atom. The minimum absolute atomic E-state index is 0.0135. The van der Waals surface area contributed by atoms with Gasteiger partial charge in [-0.15, -0.1) is 0 Å². The van der Waals surface area contributed by atoms with Gasteiger partial charge in [-0.05, 0) is 31.0 Å². The van der Waals surface area contributed by atoms with Crippen LogP contribution in [-0.2, 0) is 15.8 Å². The Morgan fingerprint density at radius 3 is 2.73 bits per heavy atom. The molecule has 22 heavy (non-hydrogen) atoms. The second kappa shape index (κ2) is 6.56. The van der Waals surface area contributed by atoms with Gasteiger partial charge in [0.2, 0.25) is 11.8 Å². The van der Waals surface area contributed by atoms with Crippen molar-refractivity contribution < 1.29 is 22.8 Å². The van der Waals surface area contributed by atoms with E-state index in [1.165, 1.54) is 6.07 Å². The molecule has 0 radical (unpaired) electrons. The van der Waals surface area contributed by atoms with E-state index in [0.717, 1.165) is 12.1 Å². The van der Waals surface area contributed by atoms with Gasteiger partial charge >= 0.3 is 6.18 Å². The lowest BCUT2D eigenvalue weighted by molar-refractivity contribution is -0.137. The van der Waals surface area contributed by atoms with Crippen LogP contribution in [0, 0.1) is 0 Å². The first kappa shape index (κ1) is 16.6. The second-order valence-electron chi connectivity index (χ2n) is 5.14. The number of amides is 2. The highest BCUT2D eigenvalue weighted by molar-refractivity contribution is 6.31. The van der Waals surface area contributed by atoms with E-state index in [0.29, 0.717) is 19.3 Å². The molecule has 1 heterocycles. The SMILES string of the molecule is O=C(CC1CCCC(=O)N1)Nc1cc(Cl)cc(C(F)(F)F)c1. The Balaban J connectivity index is 2.02. The molecule has 0 aliphatic carbocycles. The molecule has 1 fully saturated rings.